The van der Waals surface area contributed by atoms with Gasteiger partial charge in [0.25, 0.3) is 0 Å². The molecular weight excluding hydrogens is 288 g/mol. The second-order valence-corrected chi connectivity index (χ2v) is 4.35. The highest BCUT2D eigenvalue weighted by molar-refractivity contribution is 6.59. The lowest BCUT2D eigenvalue weighted by atomic mass is 9.78. The number of halogens is 3. The fourth-order valence-electron chi connectivity index (χ4n) is 1.87. The van der Waals surface area contributed by atoms with Crippen LogP contribution in [-0.4, -0.2) is 34.1 Å². The average molecular weight is 300 g/mol. The third-order valence-electron chi connectivity index (χ3n) is 2.85. The first-order chi connectivity index (χ1) is 9.81. The Morgan fingerprint density at radius 3 is 2.52 bits per heavy atom. The largest absolute Gasteiger partial charge is 0.497 e. The van der Waals surface area contributed by atoms with Crippen LogP contribution in [0.1, 0.15) is 11.3 Å². The lowest BCUT2D eigenvalue weighted by Crippen LogP contribution is -2.31. The topological polar surface area (TPSA) is 67.5 Å². The van der Waals surface area contributed by atoms with Gasteiger partial charge in [-0.1, -0.05) is 12.1 Å². The standard InChI is InChI=1S/C12H12BF3N2O3/c1-21-10-3-2-8(6-9(10)13(19)20)7-18-5-4-11(17-18)12(14,15)16/h2-6,19-20H,7H2,1H3. The van der Waals surface area contributed by atoms with E-state index in [1.807, 2.05) is 0 Å². The number of hydrogen-bond donors (Lipinski definition) is 2. The van der Waals surface area contributed by atoms with Crippen LogP contribution in [0.25, 0.3) is 0 Å². The molecule has 0 aliphatic heterocycles. The molecule has 0 unspecified atom stereocenters. The van der Waals surface area contributed by atoms with Gasteiger partial charge in [0.05, 0.1) is 13.7 Å². The Balaban J connectivity index is 2.24. The van der Waals surface area contributed by atoms with E-state index in [1.54, 1.807) is 6.07 Å². The number of methoxy groups -OCH3 is 1. The molecule has 1 heterocycles. The van der Waals surface area contributed by atoms with Crippen LogP contribution in [0.4, 0.5) is 13.2 Å². The molecule has 2 rings (SSSR count). The van der Waals surface area contributed by atoms with E-state index in [4.69, 9.17) is 4.74 Å². The van der Waals surface area contributed by atoms with Gasteiger partial charge < -0.3 is 14.8 Å². The molecule has 0 fully saturated rings. The Bertz CT molecular complexity index is 628. The van der Waals surface area contributed by atoms with Crippen LogP contribution in [0, 0.1) is 0 Å². The molecule has 0 saturated heterocycles. The van der Waals surface area contributed by atoms with Crippen molar-refractivity contribution in [3.05, 3.63) is 41.7 Å². The molecule has 0 bridgehead atoms. The first-order valence-electron chi connectivity index (χ1n) is 5.95. The normalized spacial score (nSPS) is 11.5. The van der Waals surface area contributed by atoms with E-state index in [0.29, 0.717) is 5.56 Å². The highest BCUT2D eigenvalue weighted by atomic mass is 19.4. The van der Waals surface area contributed by atoms with Crippen LogP contribution in [0.3, 0.4) is 0 Å². The molecule has 112 valence electrons. The van der Waals surface area contributed by atoms with Crippen LogP contribution in [0.15, 0.2) is 30.5 Å². The van der Waals surface area contributed by atoms with Crippen LogP contribution >= 0.6 is 0 Å². The summed E-state index contributed by atoms with van der Waals surface area (Å²) in [6, 6.07) is 5.45. The van der Waals surface area contributed by atoms with E-state index in [2.05, 4.69) is 5.10 Å². The molecule has 0 spiro atoms. The number of ether oxygens (including phenoxy) is 1. The van der Waals surface area contributed by atoms with Gasteiger partial charge in [-0.25, -0.2) is 0 Å². The van der Waals surface area contributed by atoms with Gasteiger partial charge in [-0.15, -0.1) is 0 Å². The number of benzene rings is 1. The van der Waals surface area contributed by atoms with Crippen molar-refractivity contribution in [3.8, 4) is 5.75 Å². The number of alkyl halides is 3. The van der Waals surface area contributed by atoms with Crippen molar-refractivity contribution in [1.82, 2.24) is 9.78 Å². The van der Waals surface area contributed by atoms with Crippen molar-refractivity contribution < 1.29 is 28.0 Å². The van der Waals surface area contributed by atoms with E-state index in [1.165, 1.54) is 25.4 Å². The Kier molecular flexibility index (Phi) is 4.24. The predicted molar refractivity (Wildman–Crippen MR) is 69.2 cm³/mol. The van der Waals surface area contributed by atoms with Crippen molar-refractivity contribution in [2.45, 2.75) is 12.7 Å². The summed E-state index contributed by atoms with van der Waals surface area (Å²) in [6.07, 6.45) is -3.28. The summed E-state index contributed by atoms with van der Waals surface area (Å²) in [7, 11) is -0.354. The summed E-state index contributed by atoms with van der Waals surface area (Å²) >= 11 is 0. The van der Waals surface area contributed by atoms with Gasteiger partial charge in [0.1, 0.15) is 5.75 Å². The van der Waals surface area contributed by atoms with Gasteiger partial charge in [-0.3, -0.25) is 4.68 Å². The molecule has 0 amide bonds. The molecular formula is C12H12BF3N2O3. The summed E-state index contributed by atoms with van der Waals surface area (Å²) in [5, 5.41) is 21.9. The van der Waals surface area contributed by atoms with Gasteiger partial charge in [-0.05, 0) is 17.7 Å². The Morgan fingerprint density at radius 2 is 2.00 bits per heavy atom. The smallest absolute Gasteiger partial charge is 0.492 e. The van der Waals surface area contributed by atoms with Gasteiger partial charge in [0, 0.05) is 11.7 Å². The van der Waals surface area contributed by atoms with Crippen molar-refractivity contribution in [1.29, 1.82) is 0 Å². The molecule has 0 aliphatic carbocycles. The molecule has 21 heavy (non-hydrogen) atoms. The zero-order chi connectivity index (χ0) is 15.6. The van der Waals surface area contributed by atoms with Crippen molar-refractivity contribution in [2.75, 3.05) is 7.11 Å². The summed E-state index contributed by atoms with van der Waals surface area (Å²) < 4.78 is 43.4. The maximum atomic E-state index is 12.5. The average Bonchev–Trinajstić information content (AvgIpc) is 2.87. The Morgan fingerprint density at radius 1 is 1.29 bits per heavy atom. The predicted octanol–water partition coefficient (Wildman–Crippen LogP) is 0.639. The molecule has 5 nitrogen and oxygen atoms in total. The number of hydrogen-bond acceptors (Lipinski definition) is 4. The fourth-order valence-corrected chi connectivity index (χ4v) is 1.87. The summed E-state index contributed by atoms with van der Waals surface area (Å²) in [6.45, 7) is 0.0692. The van der Waals surface area contributed by atoms with Gasteiger partial charge in [0.15, 0.2) is 5.69 Å². The zero-order valence-corrected chi connectivity index (χ0v) is 11.0. The lowest BCUT2D eigenvalue weighted by molar-refractivity contribution is -0.141. The highest BCUT2D eigenvalue weighted by Crippen LogP contribution is 2.27. The molecule has 0 saturated carbocycles. The van der Waals surface area contributed by atoms with Gasteiger partial charge >= 0.3 is 13.3 Å². The zero-order valence-electron chi connectivity index (χ0n) is 11.0. The van der Waals surface area contributed by atoms with E-state index >= 15 is 0 Å². The number of aromatic nitrogens is 2. The monoisotopic (exact) mass is 300 g/mol. The number of nitrogens with zero attached hydrogens (tertiary/aromatic N) is 2. The van der Waals surface area contributed by atoms with E-state index in [-0.39, 0.29) is 17.8 Å². The number of rotatable bonds is 4. The van der Waals surface area contributed by atoms with Crippen LogP contribution in [0.5, 0.6) is 5.75 Å². The summed E-state index contributed by atoms with van der Waals surface area (Å²) in [5.74, 6) is 0.283. The molecule has 9 heteroatoms. The fraction of sp³-hybridized carbons (Fsp3) is 0.250. The summed E-state index contributed by atoms with van der Waals surface area (Å²) in [4.78, 5) is 0. The second kappa shape index (κ2) is 5.78. The van der Waals surface area contributed by atoms with Crippen molar-refractivity contribution in [2.24, 2.45) is 0 Å². The minimum atomic E-state index is -4.49. The van der Waals surface area contributed by atoms with Crippen LogP contribution in [0.2, 0.25) is 0 Å². The van der Waals surface area contributed by atoms with E-state index in [0.717, 1.165) is 10.7 Å². The van der Waals surface area contributed by atoms with E-state index in [9.17, 15) is 23.2 Å². The third-order valence-corrected chi connectivity index (χ3v) is 2.85. The van der Waals surface area contributed by atoms with Gasteiger partial charge in [0.2, 0.25) is 0 Å². The first-order valence-corrected chi connectivity index (χ1v) is 5.95. The quantitative estimate of drug-likeness (QED) is 0.813. The lowest BCUT2D eigenvalue weighted by Gasteiger charge is -2.10. The van der Waals surface area contributed by atoms with Crippen molar-refractivity contribution >= 4 is 12.6 Å². The molecule has 0 aliphatic rings. The SMILES string of the molecule is COc1ccc(Cn2ccc(C(F)(F)F)n2)cc1B(O)O. The summed E-state index contributed by atoms with van der Waals surface area (Å²) in [5.41, 5.74) is -0.271. The molecule has 0 atom stereocenters. The minimum Gasteiger partial charge on any atom is -0.497 e. The molecule has 2 N–H and O–H groups in total. The Hall–Kier alpha value is -2.00. The highest BCUT2D eigenvalue weighted by Gasteiger charge is 2.33. The molecule has 1 aromatic carbocycles. The van der Waals surface area contributed by atoms with E-state index < -0.39 is 19.0 Å². The maximum absolute atomic E-state index is 12.5. The second-order valence-electron chi connectivity index (χ2n) is 4.35. The third kappa shape index (κ3) is 3.56. The van der Waals surface area contributed by atoms with Gasteiger partial charge in [-0.2, -0.15) is 18.3 Å². The molecule has 2 aromatic rings. The molecule has 1 aromatic heterocycles. The Labute approximate surface area is 118 Å². The van der Waals surface area contributed by atoms with Crippen molar-refractivity contribution in [3.63, 3.8) is 0 Å². The first kappa shape index (κ1) is 15.4. The molecule has 0 radical (unpaired) electrons. The maximum Gasteiger partial charge on any atom is 0.492 e. The minimum absolute atomic E-state index is 0.0692. The van der Waals surface area contributed by atoms with Crippen LogP contribution in [-0.2, 0) is 12.7 Å². The van der Waals surface area contributed by atoms with Crippen LogP contribution < -0.4 is 10.2 Å².